The topological polar surface area (TPSA) is 79.5 Å². The standard InChI is InChI=1S/C11H17N3O2S/c1-7-2-3-14(5-9(7)15)11(16)8-6-17-10(4-12)13-8/h6-7,9,15H,2-5,12H2,1H3. The minimum atomic E-state index is -0.430. The number of nitrogens with two attached hydrogens (primary N) is 1. The Bertz CT molecular complexity index is 407. The largest absolute Gasteiger partial charge is 0.391 e. The maximum Gasteiger partial charge on any atom is 0.273 e. The molecular weight excluding hydrogens is 238 g/mol. The van der Waals surface area contributed by atoms with E-state index in [-0.39, 0.29) is 11.8 Å². The van der Waals surface area contributed by atoms with Crippen LogP contribution in [0.2, 0.25) is 0 Å². The van der Waals surface area contributed by atoms with Gasteiger partial charge in [-0.25, -0.2) is 4.98 Å². The molecule has 1 aliphatic heterocycles. The first-order chi connectivity index (χ1) is 8.11. The Hall–Kier alpha value is -0.980. The number of aliphatic hydroxyl groups is 1. The zero-order chi connectivity index (χ0) is 12.4. The third-order valence-corrected chi connectivity index (χ3v) is 4.02. The highest BCUT2D eigenvalue weighted by atomic mass is 32.1. The molecule has 1 fully saturated rings. The molecule has 2 atom stereocenters. The monoisotopic (exact) mass is 255 g/mol. The zero-order valence-electron chi connectivity index (χ0n) is 9.80. The molecule has 1 aliphatic rings. The lowest BCUT2D eigenvalue weighted by Gasteiger charge is -2.33. The van der Waals surface area contributed by atoms with E-state index in [9.17, 15) is 9.90 Å². The third-order valence-electron chi connectivity index (χ3n) is 3.15. The minimum absolute atomic E-state index is 0.105. The quantitative estimate of drug-likeness (QED) is 0.804. The summed E-state index contributed by atoms with van der Waals surface area (Å²) in [4.78, 5) is 17.9. The summed E-state index contributed by atoms with van der Waals surface area (Å²) >= 11 is 1.40. The van der Waals surface area contributed by atoms with Crippen LogP contribution >= 0.6 is 11.3 Å². The van der Waals surface area contributed by atoms with Crippen molar-refractivity contribution < 1.29 is 9.90 Å². The first kappa shape index (κ1) is 12.5. The Morgan fingerprint density at radius 2 is 2.53 bits per heavy atom. The maximum absolute atomic E-state index is 12.1. The molecule has 2 unspecified atom stereocenters. The van der Waals surface area contributed by atoms with Crippen LogP contribution in [0.15, 0.2) is 5.38 Å². The summed E-state index contributed by atoms with van der Waals surface area (Å²) in [6.45, 7) is 3.45. The molecule has 1 amide bonds. The molecule has 2 rings (SSSR count). The Morgan fingerprint density at radius 3 is 3.12 bits per heavy atom. The van der Waals surface area contributed by atoms with Crippen molar-refractivity contribution >= 4 is 17.2 Å². The van der Waals surface area contributed by atoms with E-state index in [0.717, 1.165) is 11.4 Å². The fourth-order valence-electron chi connectivity index (χ4n) is 1.90. The lowest BCUT2D eigenvalue weighted by molar-refractivity contribution is 0.0245. The number of piperidine rings is 1. The van der Waals surface area contributed by atoms with Crippen LogP contribution in [-0.2, 0) is 6.54 Å². The molecule has 5 nitrogen and oxygen atoms in total. The summed E-state index contributed by atoms with van der Waals surface area (Å²) in [6.07, 6.45) is 0.404. The highest BCUT2D eigenvalue weighted by Crippen LogP contribution is 2.19. The molecule has 0 radical (unpaired) electrons. The van der Waals surface area contributed by atoms with E-state index < -0.39 is 6.10 Å². The van der Waals surface area contributed by atoms with Gasteiger partial charge < -0.3 is 15.7 Å². The van der Waals surface area contributed by atoms with Crippen molar-refractivity contribution in [3.8, 4) is 0 Å². The van der Waals surface area contributed by atoms with E-state index in [1.165, 1.54) is 11.3 Å². The number of β-amino-alcohol motifs (C(OH)–C–C–N with tert-alkyl or cyclic N) is 1. The van der Waals surface area contributed by atoms with Crippen molar-refractivity contribution in [2.45, 2.75) is 26.0 Å². The summed E-state index contributed by atoms with van der Waals surface area (Å²) in [5.74, 6) is 0.154. The van der Waals surface area contributed by atoms with E-state index in [1.807, 2.05) is 6.92 Å². The van der Waals surface area contributed by atoms with Gasteiger partial charge in [-0.3, -0.25) is 4.79 Å². The average Bonchev–Trinajstić information content (AvgIpc) is 2.80. The molecule has 0 aliphatic carbocycles. The Balaban J connectivity index is 2.05. The molecule has 1 aromatic rings. The molecular formula is C11H17N3O2S. The number of thiazole rings is 1. The van der Waals surface area contributed by atoms with Crippen molar-refractivity contribution in [3.05, 3.63) is 16.1 Å². The Morgan fingerprint density at radius 1 is 1.76 bits per heavy atom. The number of hydrogen-bond donors (Lipinski definition) is 2. The summed E-state index contributed by atoms with van der Waals surface area (Å²) in [5.41, 5.74) is 5.91. The molecule has 2 heterocycles. The first-order valence-electron chi connectivity index (χ1n) is 5.73. The van der Waals surface area contributed by atoms with E-state index in [1.54, 1.807) is 10.3 Å². The molecule has 0 aromatic carbocycles. The second-order valence-electron chi connectivity index (χ2n) is 4.42. The molecule has 1 aromatic heterocycles. The molecule has 1 saturated heterocycles. The molecule has 6 heteroatoms. The highest BCUT2D eigenvalue weighted by Gasteiger charge is 2.28. The fourth-order valence-corrected chi connectivity index (χ4v) is 2.55. The zero-order valence-corrected chi connectivity index (χ0v) is 10.6. The van der Waals surface area contributed by atoms with E-state index in [0.29, 0.717) is 25.3 Å². The van der Waals surface area contributed by atoms with Gasteiger partial charge in [-0.1, -0.05) is 6.92 Å². The van der Waals surface area contributed by atoms with Crippen LogP contribution in [0.4, 0.5) is 0 Å². The first-order valence-corrected chi connectivity index (χ1v) is 6.61. The normalized spacial score (nSPS) is 25.0. The molecule has 0 spiro atoms. The summed E-state index contributed by atoms with van der Waals surface area (Å²) in [5, 5.41) is 12.3. The van der Waals surface area contributed by atoms with Crippen molar-refractivity contribution in [1.82, 2.24) is 9.88 Å². The number of nitrogens with zero attached hydrogens (tertiary/aromatic N) is 2. The van der Waals surface area contributed by atoms with E-state index in [2.05, 4.69) is 4.98 Å². The van der Waals surface area contributed by atoms with Gasteiger partial charge in [0.1, 0.15) is 10.7 Å². The van der Waals surface area contributed by atoms with Gasteiger partial charge in [0.25, 0.3) is 5.91 Å². The van der Waals surface area contributed by atoms with Gasteiger partial charge in [-0.05, 0) is 12.3 Å². The number of rotatable bonds is 2. The van der Waals surface area contributed by atoms with Crippen LogP contribution in [0.5, 0.6) is 0 Å². The molecule has 0 saturated carbocycles. The SMILES string of the molecule is CC1CCN(C(=O)c2csc(CN)n2)CC1O. The highest BCUT2D eigenvalue weighted by molar-refractivity contribution is 7.09. The second kappa shape index (κ2) is 5.12. The predicted molar refractivity (Wildman–Crippen MR) is 65.7 cm³/mol. The Kier molecular flexibility index (Phi) is 3.76. The van der Waals surface area contributed by atoms with Crippen molar-refractivity contribution in [2.24, 2.45) is 11.7 Å². The number of likely N-dealkylation sites (tertiary alicyclic amines) is 1. The molecule has 3 N–H and O–H groups in total. The van der Waals surface area contributed by atoms with Gasteiger partial charge in [0, 0.05) is 25.0 Å². The Labute approximate surface area is 104 Å². The smallest absolute Gasteiger partial charge is 0.273 e. The van der Waals surface area contributed by atoms with Crippen molar-refractivity contribution in [3.63, 3.8) is 0 Å². The van der Waals surface area contributed by atoms with Crippen LogP contribution in [0.3, 0.4) is 0 Å². The van der Waals surface area contributed by atoms with Crippen LogP contribution in [0.25, 0.3) is 0 Å². The number of hydrogen-bond acceptors (Lipinski definition) is 5. The van der Waals surface area contributed by atoms with Crippen LogP contribution in [0, 0.1) is 5.92 Å². The van der Waals surface area contributed by atoms with Crippen LogP contribution < -0.4 is 5.73 Å². The van der Waals surface area contributed by atoms with E-state index in [4.69, 9.17) is 5.73 Å². The minimum Gasteiger partial charge on any atom is -0.391 e. The van der Waals surface area contributed by atoms with Crippen molar-refractivity contribution in [1.29, 1.82) is 0 Å². The number of carbonyl (C=O) groups is 1. The van der Waals surface area contributed by atoms with E-state index >= 15 is 0 Å². The number of aliphatic hydroxyl groups excluding tert-OH is 1. The maximum atomic E-state index is 12.1. The van der Waals surface area contributed by atoms with Gasteiger partial charge in [-0.15, -0.1) is 11.3 Å². The fraction of sp³-hybridized carbons (Fsp3) is 0.636. The summed E-state index contributed by atoms with van der Waals surface area (Å²) in [6, 6.07) is 0. The third kappa shape index (κ3) is 2.65. The van der Waals surface area contributed by atoms with Crippen LogP contribution in [0.1, 0.15) is 28.8 Å². The van der Waals surface area contributed by atoms with Gasteiger partial charge in [-0.2, -0.15) is 0 Å². The second-order valence-corrected chi connectivity index (χ2v) is 5.36. The van der Waals surface area contributed by atoms with Gasteiger partial charge >= 0.3 is 0 Å². The lowest BCUT2D eigenvalue weighted by atomic mass is 9.96. The van der Waals surface area contributed by atoms with Gasteiger partial charge in [0.2, 0.25) is 0 Å². The van der Waals surface area contributed by atoms with Crippen LogP contribution in [-0.4, -0.2) is 40.1 Å². The van der Waals surface area contributed by atoms with Gasteiger partial charge in [0.05, 0.1) is 6.10 Å². The molecule has 0 bridgehead atoms. The summed E-state index contributed by atoms with van der Waals surface area (Å²) < 4.78 is 0. The average molecular weight is 255 g/mol. The van der Waals surface area contributed by atoms with Gasteiger partial charge in [0.15, 0.2) is 0 Å². The molecule has 17 heavy (non-hydrogen) atoms. The number of carbonyl (C=O) groups excluding carboxylic acids is 1. The number of amides is 1. The van der Waals surface area contributed by atoms with Crippen molar-refractivity contribution in [2.75, 3.05) is 13.1 Å². The molecule has 94 valence electrons. The number of aromatic nitrogens is 1. The predicted octanol–water partition coefficient (Wildman–Crippen LogP) is 0.445. The lowest BCUT2D eigenvalue weighted by Crippen LogP contribution is -2.45. The summed E-state index contributed by atoms with van der Waals surface area (Å²) in [7, 11) is 0.